The highest BCUT2D eigenvalue weighted by Crippen LogP contribution is 2.40. The molecule has 0 unspecified atom stereocenters. The van der Waals surface area contributed by atoms with E-state index >= 15 is 0 Å². The summed E-state index contributed by atoms with van der Waals surface area (Å²) < 4.78 is 1.84. The maximum Gasteiger partial charge on any atom is 0.287 e. The summed E-state index contributed by atoms with van der Waals surface area (Å²) in [4.78, 5) is 17.6. The molecule has 2 atom stereocenters. The number of aromatic nitrogens is 2. The van der Waals surface area contributed by atoms with E-state index < -0.39 is 0 Å². The van der Waals surface area contributed by atoms with Crippen molar-refractivity contribution in [3.05, 3.63) is 95.4 Å². The van der Waals surface area contributed by atoms with E-state index in [-0.39, 0.29) is 11.9 Å². The van der Waals surface area contributed by atoms with Gasteiger partial charge in [0.15, 0.2) is 0 Å². The van der Waals surface area contributed by atoms with Gasteiger partial charge in [-0.3, -0.25) is 9.20 Å². The molecule has 2 aromatic carbocycles. The Hall–Kier alpha value is -3.11. The fourth-order valence-electron chi connectivity index (χ4n) is 3.70. The Bertz CT molecular complexity index is 1170. The number of carbonyl (C=O) groups excluding carboxylic acids is 1. The van der Waals surface area contributed by atoms with E-state index in [0.29, 0.717) is 16.8 Å². The highest BCUT2D eigenvalue weighted by Gasteiger charge is 2.40. The molecule has 0 saturated heterocycles. The van der Waals surface area contributed by atoms with Crippen LogP contribution in [0.15, 0.2) is 79.0 Å². The van der Waals surface area contributed by atoms with Gasteiger partial charge in [-0.2, -0.15) is 0 Å². The molecule has 1 aliphatic rings. The number of benzene rings is 2. The maximum absolute atomic E-state index is 13.0. The van der Waals surface area contributed by atoms with Crippen molar-refractivity contribution >= 4 is 23.0 Å². The Morgan fingerprint density at radius 2 is 1.86 bits per heavy atom. The predicted molar refractivity (Wildman–Crippen MR) is 111 cm³/mol. The first-order valence-electron chi connectivity index (χ1n) is 9.29. The minimum atomic E-state index is -0.155. The topological polar surface area (TPSA) is 46.4 Å². The molecule has 0 spiro atoms. The molecule has 2 heterocycles. The van der Waals surface area contributed by atoms with E-state index in [9.17, 15) is 4.79 Å². The number of nitrogens with zero attached hydrogens (tertiary/aromatic N) is 2. The molecule has 1 aliphatic carbocycles. The second kappa shape index (κ2) is 6.80. The van der Waals surface area contributed by atoms with Crippen LogP contribution in [0.3, 0.4) is 0 Å². The number of pyridine rings is 1. The van der Waals surface area contributed by atoms with Crippen LogP contribution in [0.5, 0.6) is 0 Å². The zero-order chi connectivity index (χ0) is 19.1. The van der Waals surface area contributed by atoms with Gasteiger partial charge in [0.2, 0.25) is 5.82 Å². The van der Waals surface area contributed by atoms with Gasteiger partial charge >= 0.3 is 0 Å². The minimum Gasteiger partial charge on any atom is -0.346 e. The summed E-state index contributed by atoms with van der Waals surface area (Å²) in [5.74, 6) is 0.617. The Labute approximate surface area is 167 Å². The molecule has 4 aromatic rings. The number of hydrogen-bond acceptors (Lipinski definition) is 2. The van der Waals surface area contributed by atoms with Crippen molar-refractivity contribution in [3.63, 3.8) is 0 Å². The number of carbonyl (C=O) groups is 1. The van der Waals surface area contributed by atoms with E-state index in [1.165, 1.54) is 5.56 Å². The molecule has 28 heavy (non-hydrogen) atoms. The van der Waals surface area contributed by atoms with E-state index in [1.807, 2.05) is 71.3 Å². The lowest BCUT2D eigenvalue weighted by Gasteiger charge is -2.04. The van der Waals surface area contributed by atoms with Crippen LogP contribution in [0, 0.1) is 0 Å². The molecule has 5 rings (SSSR count). The summed E-state index contributed by atoms with van der Waals surface area (Å²) in [6.45, 7) is 0. The van der Waals surface area contributed by atoms with Crippen LogP contribution >= 0.6 is 11.6 Å². The third-order valence-electron chi connectivity index (χ3n) is 5.18. The Morgan fingerprint density at radius 3 is 2.68 bits per heavy atom. The molecule has 1 N–H and O–H groups in total. The zero-order valence-corrected chi connectivity index (χ0v) is 15.8. The summed E-state index contributed by atoms with van der Waals surface area (Å²) in [7, 11) is 0. The molecule has 1 fully saturated rings. The summed E-state index contributed by atoms with van der Waals surface area (Å²) in [5, 5.41) is 3.78. The van der Waals surface area contributed by atoms with Crippen LogP contribution < -0.4 is 5.32 Å². The van der Waals surface area contributed by atoms with E-state index in [2.05, 4.69) is 22.4 Å². The predicted octanol–water partition coefficient (Wildman–Crippen LogP) is 4.94. The lowest BCUT2D eigenvalue weighted by Crippen LogP contribution is -2.28. The molecule has 0 radical (unpaired) electrons. The number of amides is 1. The van der Waals surface area contributed by atoms with Gasteiger partial charge in [-0.15, -0.1) is 0 Å². The standard InChI is InChI=1S/C23H18ClN3O/c24-17-10-6-9-16(13-17)21-20-11-4-5-12-27(20)22(26-21)23(28)25-19-14-18(19)15-7-2-1-3-8-15/h1-13,18-19H,14H2,(H,25,28)/t18-,19+/m1/s1. The lowest BCUT2D eigenvalue weighted by atomic mass is 10.1. The average Bonchev–Trinajstić information content (AvgIpc) is 3.38. The number of halogens is 1. The summed E-state index contributed by atoms with van der Waals surface area (Å²) >= 11 is 6.15. The quantitative estimate of drug-likeness (QED) is 0.539. The second-order valence-electron chi connectivity index (χ2n) is 7.08. The number of imidazole rings is 1. The highest BCUT2D eigenvalue weighted by molar-refractivity contribution is 6.30. The maximum atomic E-state index is 13.0. The van der Waals surface area contributed by atoms with E-state index in [0.717, 1.165) is 23.2 Å². The average molecular weight is 388 g/mol. The summed E-state index contributed by atoms with van der Waals surface area (Å²) in [5.41, 5.74) is 3.79. The van der Waals surface area contributed by atoms with E-state index in [4.69, 9.17) is 11.6 Å². The monoisotopic (exact) mass is 387 g/mol. The fraction of sp³-hybridized carbons (Fsp3) is 0.130. The lowest BCUT2D eigenvalue weighted by molar-refractivity contribution is 0.0939. The first-order chi connectivity index (χ1) is 13.7. The van der Waals surface area contributed by atoms with Gasteiger partial charge in [-0.05, 0) is 36.2 Å². The largest absolute Gasteiger partial charge is 0.346 e. The van der Waals surface area contributed by atoms with Crippen LogP contribution in [-0.2, 0) is 0 Å². The number of rotatable bonds is 4. The number of nitrogens with one attached hydrogen (secondary N) is 1. The van der Waals surface area contributed by atoms with Gasteiger partial charge in [-0.1, -0.05) is 60.1 Å². The van der Waals surface area contributed by atoms with Crippen LogP contribution in [0.1, 0.15) is 28.5 Å². The molecular formula is C23H18ClN3O. The van der Waals surface area contributed by atoms with Crippen LogP contribution in [0.2, 0.25) is 5.02 Å². The summed E-state index contributed by atoms with van der Waals surface area (Å²) in [6.07, 6.45) is 2.83. The Morgan fingerprint density at radius 1 is 1.04 bits per heavy atom. The third-order valence-corrected chi connectivity index (χ3v) is 5.42. The molecule has 1 saturated carbocycles. The fourth-order valence-corrected chi connectivity index (χ4v) is 3.89. The molecule has 2 aromatic heterocycles. The van der Waals surface area contributed by atoms with Gasteiger partial charge in [-0.25, -0.2) is 4.98 Å². The SMILES string of the molecule is O=C(N[C@H]1C[C@@H]1c1ccccc1)c1nc(-c2cccc(Cl)c2)c2ccccn12. The molecule has 0 bridgehead atoms. The molecule has 0 aliphatic heterocycles. The van der Waals surface area contributed by atoms with Crippen LogP contribution in [0.4, 0.5) is 0 Å². The molecule has 138 valence electrons. The molecule has 5 heteroatoms. The molecule has 1 amide bonds. The van der Waals surface area contributed by atoms with Gasteiger partial charge in [0.05, 0.1) is 11.2 Å². The molecular weight excluding hydrogens is 370 g/mol. The number of hydrogen-bond donors (Lipinski definition) is 1. The van der Waals surface area contributed by atoms with Crippen molar-refractivity contribution in [2.24, 2.45) is 0 Å². The van der Waals surface area contributed by atoms with Gasteiger partial charge in [0, 0.05) is 28.7 Å². The van der Waals surface area contributed by atoms with E-state index in [1.54, 1.807) is 0 Å². The summed E-state index contributed by atoms with van der Waals surface area (Å²) in [6, 6.07) is 23.8. The van der Waals surface area contributed by atoms with Crippen molar-refractivity contribution in [1.82, 2.24) is 14.7 Å². The second-order valence-corrected chi connectivity index (χ2v) is 7.52. The van der Waals surface area contributed by atoms with Crippen molar-refractivity contribution in [3.8, 4) is 11.3 Å². The zero-order valence-electron chi connectivity index (χ0n) is 15.0. The van der Waals surface area contributed by atoms with Crippen LogP contribution in [0.25, 0.3) is 16.8 Å². The van der Waals surface area contributed by atoms with Gasteiger partial charge < -0.3 is 5.32 Å². The van der Waals surface area contributed by atoms with Crippen molar-refractivity contribution in [2.45, 2.75) is 18.4 Å². The normalized spacial score (nSPS) is 18.2. The van der Waals surface area contributed by atoms with Gasteiger partial charge in [0.1, 0.15) is 0 Å². The minimum absolute atomic E-state index is 0.153. The van der Waals surface area contributed by atoms with Gasteiger partial charge in [0.25, 0.3) is 5.91 Å². The Kier molecular flexibility index (Phi) is 4.14. The Balaban J connectivity index is 1.46. The smallest absolute Gasteiger partial charge is 0.287 e. The van der Waals surface area contributed by atoms with Crippen molar-refractivity contribution < 1.29 is 4.79 Å². The van der Waals surface area contributed by atoms with Crippen LogP contribution in [-0.4, -0.2) is 21.3 Å². The number of fused-ring (bicyclic) bond motifs is 1. The van der Waals surface area contributed by atoms with Crippen molar-refractivity contribution in [1.29, 1.82) is 0 Å². The molecule has 4 nitrogen and oxygen atoms in total. The van der Waals surface area contributed by atoms with Crippen molar-refractivity contribution in [2.75, 3.05) is 0 Å². The highest BCUT2D eigenvalue weighted by atomic mass is 35.5. The third kappa shape index (κ3) is 3.06. The first-order valence-corrected chi connectivity index (χ1v) is 9.67. The first kappa shape index (κ1) is 17.0.